The number of amides is 2. The summed E-state index contributed by atoms with van der Waals surface area (Å²) in [6, 6.07) is 32.3. The monoisotopic (exact) mass is 1130 g/mol. The van der Waals surface area contributed by atoms with Gasteiger partial charge in [-0.1, -0.05) is 114 Å². The summed E-state index contributed by atoms with van der Waals surface area (Å²) in [6.45, 7) is -0.768. The number of aliphatic hydroxyl groups is 13. The molecule has 4 bridgehead atoms. The molecule has 412 valence electrons. The fourth-order valence-corrected chi connectivity index (χ4v) is 11.6. The van der Waals surface area contributed by atoms with Crippen LogP contribution in [0.15, 0.2) is 91.0 Å². The molecule has 6 unspecified atom stereocenters. The number of aliphatic hydroxyl groups excluding tert-OH is 9. The lowest BCUT2D eigenvalue weighted by molar-refractivity contribution is -0.391. The highest BCUT2D eigenvalue weighted by atomic mass is 79.9. The van der Waals surface area contributed by atoms with E-state index >= 15 is 0 Å². The molecular weight excluding hydrogens is 1070 g/mol. The van der Waals surface area contributed by atoms with Gasteiger partial charge in [0.15, 0.2) is 12.6 Å². The zero-order chi connectivity index (χ0) is 52.9. The van der Waals surface area contributed by atoms with Gasteiger partial charge in [0, 0.05) is 25.2 Å². The van der Waals surface area contributed by atoms with E-state index in [-0.39, 0.29) is 37.8 Å². The molecule has 74 heavy (non-hydrogen) atoms. The summed E-state index contributed by atoms with van der Waals surface area (Å²) in [4.78, 5) is 22.1. The highest BCUT2D eigenvalue weighted by Crippen LogP contribution is 2.40. The van der Waals surface area contributed by atoms with Gasteiger partial charge < -0.3 is 104 Å². The number of fused-ring (bicyclic) bond motifs is 4. The maximum Gasteiger partial charge on any atom is 0.245 e. The van der Waals surface area contributed by atoms with Gasteiger partial charge in [0.2, 0.25) is 36.0 Å². The molecule has 0 spiro atoms. The van der Waals surface area contributed by atoms with Crippen LogP contribution in [-0.2, 0) is 47.5 Å². The fraction of sp³-hybridized carbons (Fsp3) is 0.583. The first-order valence-corrected chi connectivity index (χ1v) is 25.6. The second-order valence-electron chi connectivity index (χ2n) is 17.9. The fourth-order valence-electron chi connectivity index (χ4n) is 8.77. The Balaban J connectivity index is 0.000000167. The van der Waals surface area contributed by atoms with Gasteiger partial charge in [-0.15, -0.1) is 0 Å². The Morgan fingerprint density at radius 1 is 0.568 bits per heavy atom. The summed E-state index contributed by atoms with van der Waals surface area (Å²) in [5, 5.41) is 131. The number of carbonyl (C=O) groups excluding carboxylic acids is 2. The average molecular weight is 1130 g/mol. The third kappa shape index (κ3) is 13.1. The van der Waals surface area contributed by atoms with E-state index in [1.165, 1.54) is 27.9 Å². The number of hydrogen-bond donors (Lipinski definition) is 13. The normalized spacial score (nSPS) is 37.6. The van der Waals surface area contributed by atoms with Gasteiger partial charge in [-0.3, -0.25) is 14.5 Å². The van der Waals surface area contributed by atoms with Crippen molar-refractivity contribution in [2.45, 2.75) is 142 Å². The lowest BCUT2D eigenvalue weighted by Gasteiger charge is -2.44. The lowest BCUT2D eigenvalue weighted by atomic mass is 9.97. The van der Waals surface area contributed by atoms with Crippen molar-refractivity contribution in [3.8, 4) is 0 Å². The molecule has 7 heterocycles. The molecule has 3 aromatic carbocycles. The number of ether oxygens (including phenoxy) is 8. The van der Waals surface area contributed by atoms with Gasteiger partial charge in [0.25, 0.3) is 0 Å². The van der Waals surface area contributed by atoms with Gasteiger partial charge in [-0.05, 0) is 23.8 Å². The van der Waals surface area contributed by atoms with Crippen LogP contribution in [0, 0.1) is 0 Å². The number of nitrogens with zero attached hydrogens (tertiary/aromatic N) is 1. The molecule has 0 radical (unpaired) electrons. The van der Waals surface area contributed by atoms with E-state index in [4.69, 9.17) is 43.0 Å². The van der Waals surface area contributed by atoms with Gasteiger partial charge in [0.05, 0.1) is 25.9 Å². The van der Waals surface area contributed by atoms with Crippen LogP contribution in [0.1, 0.15) is 20.3 Å². The molecule has 0 aliphatic carbocycles. The minimum Gasteiger partial charge on any atom is -0.394 e. The van der Waals surface area contributed by atoms with Crippen LogP contribution < -0.4 is 15.9 Å². The van der Waals surface area contributed by atoms with E-state index in [2.05, 4.69) is 107 Å². The van der Waals surface area contributed by atoms with Crippen LogP contribution in [0.4, 0.5) is 0 Å². The maximum absolute atomic E-state index is 10.5. The van der Waals surface area contributed by atoms with E-state index in [1.54, 1.807) is 0 Å². The van der Waals surface area contributed by atoms with Crippen molar-refractivity contribution in [3.05, 3.63) is 91.0 Å². The Kier molecular flexibility index (Phi) is 21.1. The van der Waals surface area contributed by atoms with Gasteiger partial charge >= 0.3 is 0 Å². The summed E-state index contributed by atoms with van der Waals surface area (Å²) in [5.41, 5.74) is 0. The number of hydrogen-bond acceptors (Lipinski definition) is 23. The molecule has 0 aromatic heterocycles. The molecule has 24 nitrogen and oxygen atoms in total. The molecule has 0 saturated carbocycles. The predicted molar refractivity (Wildman–Crippen MR) is 258 cm³/mol. The number of halogens is 1. The number of rotatable bonds is 9. The number of imide groups is 1. The van der Waals surface area contributed by atoms with Crippen LogP contribution in [-0.4, -0.2) is 237 Å². The summed E-state index contributed by atoms with van der Waals surface area (Å²) in [5.74, 6) is -5.54. The number of alkyl halides is 1. The van der Waals surface area contributed by atoms with E-state index < -0.39 is 137 Å². The zero-order valence-corrected chi connectivity index (χ0v) is 41.4. The minimum absolute atomic E-state index is 0. The Morgan fingerprint density at radius 3 is 1.24 bits per heavy atom. The van der Waals surface area contributed by atoms with Crippen molar-refractivity contribution in [1.82, 2.24) is 4.90 Å². The molecule has 3 aromatic rings. The smallest absolute Gasteiger partial charge is 0.245 e. The second-order valence-corrected chi connectivity index (χ2v) is 20.8. The van der Waals surface area contributed by atoms with Crippen molar-refractivity contribution in [3.63, 3.8) is 0 Å². The highest BCUT2D eigenvalue weighted by Gasteiger charge is 2.63. The molecule has 7 saturated heterocycles. The largest absolute Gasteiger partial charge is 0.394 e. The quantitative estimate of drug-likeness (QED) is 0.0414. The number of likely N-dealkylation sites (tertiary alicyclic amines) is 1. The summed E-state index contributed by atoms with van der Waals surface area (Å²) >= 11 is 3.12. The minimum atomic E-state index is -2.73. The van der Waals surface area contributed by atoms with Crippen LogP contribution in [0.3, 0.4) is 0 Å². The Hall–Kier alpha value is -3.13. The van der Waals surface area contributed by atoms with Crippen LogP contribution >= 0.6 is 23.9 Å². The molecule has 2 amide bonds. The molecular formula is C48H65BrNO23P. The second kappa shape index (κ2) is 26.0. The highest BCUT2D eigenvalue weighted by molar-refractivity contribution is 9.09. The first kappa shape index (κ1) is 60.1. The third-order valence-corrected chi connectivity index (χ3v) is 16.1. The SMILES string of the molecule is C.CN1C(=O)CCC1=O.OC1[C@H](O[C@@H]2C3CO[C@@H]2C(O)(O)[C@H](O)O3)OC(CBr)[C@H](O)[C@@H]1O.OCC1O[C@@H](O[C@@H]2C3CO[C@@H]2C(O)(O)[C@H](O)O3)C(O)[C@@H](O)[C@H]1O.c1ccc(P(c2ccccc2)c2ccccc2)cc1. The molecule has 7 aliphatic rings. The Bertz CT molecular complexity index is 2040. The molecule has 26 heteroatoms. The van der Waals surface area contributed by atoms with E-state index in [9.17, 15) is 70.9 Å². The lowest BCUT2D eigenvalue weighted by Crippen LogP contribution is -2.66. The zero-order valence-electron chi connectivity index (χ0n) is 39.0. The molecule has 7 aliphatic heterocycles. The molecule has 10 rings (SSSR count). The average Bonchev–Trinajstić information content (AvgIpc) is 4.03. The van der Waals surface area contributed by atoms with Gasteiger partial charge in [0.1, 0.15) is 79.4 Å². The summed E-state index contributed by atoms with van der Waals surface area (Å²) < 4.78 is 41.9. The standard InChI is InChI=1S/C18H15P.C12H19BrO10.C12H20O11.C5H7NO2.CH4/c1-4-10-16(11-5-1)19(17-12-6-2-7-13-17)18-14-8-3-9-15-18;2*13-1-3-5(14)6(15)7(16)10(21-3)23-8-4-2-20-9(8)12(18,19)11(17)22-4;1-6-4(7)2-3-5(6)8;/h1-15H;3-11,14-19H,1-2H2;3-11,13-19H,1-2H2;2-3H2,1H3;1H4/t;2*3?,4?,5-,6-,7?,8+,9-,10-,11+;;/m.00../s1. The van der Waals surface area contributed by atoms with Crippen molar-refractivity contribution in [1.29, 1.82) is 0 Å². The Labute approximate surface area is 434 Å². The van der Waals surface area contributed by atoms with Crippen molar-refractivity contribution in [2.24, 2.45) is 0 Å². The van der Waals surface area contributed by atoms with Crippen molar-refractivity contribution >= 4 is 51.6 Å². The van der Waals surface area contributed by atoms with E-state index in [0.29, 0.717) is 12.8 Å². The summed E-state index contributed by atoms with van der Waals surface area (Å²) in [7, 11) is 1.07. The maximum atomic E-state index is 10.5. The predicted octanol–water partition coefficient (Wildman–Crippen LogP) is -4.81. The number of carbonyl (C=O) groups is 2. The van der Waals surface area contributed by atoms with Crippen LogP contribution in [0.5, 0.6) is 0 Å². The van der Waals surface area contributed by atoms with Crippen molar-refractivity contribution in [2.75, 3.05) is 32.2 Å². The summed E-state index contributed by atoms with van der Waals surface area (Å²) in [6.07, 6.45) is -23.5. The topological polar surface area (TPSA) is 374 Å². The number of benzene rings is 3. The third-order valence-electron chi connectivity index (χ3n) is 13.0. The van der Waals surface area contributed by atoms with Gasteiger partial charge in [-0.25, -0.2) is 0 Å². The van der Waals surface area contributed by atoms with Gasteiger partial charge in [-0.2, -0.15) is 0 Å². The van der Waals surface area contributed by atoms with E-state index in [0.717, 1.165) is 0 Å². The van der Waals surface area contributed by atoms with E-state index in [1.807, 2.05) is 0 Å². The van der Waals surface area contributed by atoms with Crippen molar-refractivity contribution < 1.29 is 114 Å². The first-order valence-electron chi connectivity index (χ1n) is 23.1. The molecule has 18 atom stereocenters. The first-order chi connectivity index (χ1) is 34.7. The van der Waals surface area contributed by atoms with Crippen LogP contribution in [0.2, 0.25) is 0 Å². The molecule has 13 N–H and O–H groups in total. The Morgan fingerprint density at radius 2 is 0.919 bits per heavy atom. The molecule has 7 fully saturated rings. The van der Waals surface area contributed by atoms with Crippen LogP contribution in [0.25, 0.3) is 0 Å².